The lowest BCUT2D eigenvalue weighted by molar-refractivity contribution is -0.132. The fraction of sp³-hybridized carbons (Fsp3) is 0.727. The van der Waals surface area contributed by atoms with E-state index >= 15 is 0 Å². The van der Waals surface area contributed by atoms with Gasteiger partial charge in [0.05, 0.1) is 11.9 Å². The van der Waals surface area contributed by atoms with Crippen LogP contribution in [0.2, 0.25) is 0 Å². The highest BCUT2D eigenvalue weighted by atomic mass is 16.2. The molecule has 0 radical (unpaired) electrons. The summed E-state index contributed by atoms with van der Waals surface area (Å²) < 4.78 is 1.61. The van der Waals surface area contributed by atoms with E-state index in [2.05, 4.69) is 15.6 Å². The molecule has 1 aromatic heterocycles. The lowest BCUT2D eigenvalue weighted by Gasteiger charge is -2.26. The number of amides is 1. The Bertz CT molecular complexity index is 370. The molecule has 1 aliphatic rings. The third kappa shape index (κ3) is 3.26. The molecule has 1 aliphatic heterocycles. The van der Waals surface area contributed by atoms with Gasteiger partial charge in [0, 0.05) is 19.6 Å². The molecule has 1 fully saturated rings. The number of nitrogens with zero attached hydrogens (tertiary/aromatic N) is 4. The van der Waals surface area contributed by atoms with Crippen LogP contribution in [-0.2, 0) is 17.9 Å². The maximum atomic E-state index is 12.0. The van der Waals surface area contributed by atoms with Crippen molar-refractivity contribution in [3.05, 3.63) is 11.9 Å². The maximum absolute atomic E-state index is 12.0. The van der Waals surface area contributed by atoms with Gasteiger partial charge in [0.1, 0.15) is 6.54 Å². The number of carbonyl (C=O) groups is 1. The third-order valence-corrected chi connectivity index (χ3v) is 2.95. The van der Waals surface area contributed by atoms with Gasteiger partial charge >= 0.3 is 0 Å². The van der Waals surface area contributed by atoms with Crippen molar-refractivity contribution >= 4 is 5.91 Å². The normalized spacial score (nSPS) is 16.2. The summed E-state index contributed by atoms with van der Waals surface area (Å²) in [5, 5.41) is 10.9. The average Bonchev–Trinajstić information content (AvgIpc) is 2.78. The second kappa shape index (κ2) is 5.77. The topological polar surface area (TPSA) is 63.1 Å². The van der Waals surface area contributed by atoms with Crippen LogP contribution in [0.4, 0.5) is 0 Å². The van der Waals surface area contributed by atoms with E-state index in [1.54, 1.807) is 4.68 Å². The predicted octanol–water partition coefficient (Wildman–Crippen LogP) is 0.0100. The van der Waals surface area contributed by atoms with Crippen molar-refractivity contribution in [2.45, 2.75) is 32.4 Å². The Labute approximate surface area is 101 Å². The number of carbonyl (C=O) groups excluding carboxylic acids is 1. The zero-order valence-electron chi connectivity index (χ0n) is 10.2. The lowest BCUT2D eigenvalue weighted by atomic mass is 10.1. The monoisotopic (exact) mass is 237 g/mol. The first kappa shape index (κ1) is 12.0. The van der Waals surface area contributed by atoms with Crippen LogP contribution in [0, 0.1) is 0 Å². The summed E-state index contributed by atoms with van der Waals surface area (Å²) in [6.45, 7) is 2.75. The third-order valence-electron chi connectivity index (χ3n) is 2.95. The molecule has 0 saturated carbocycles. The molecular formula is C11H19N5O. The summed E-state index contributed by atoms with van der Waals surface area (Å²) in [6.07, 6.45) is 5.29. The Balaban J connectivity index is 1.88. The summed E-state index contributed by atoms with van der Waals surface area (Å²) in [7, 11) is 1.86. The number of hydrogen-bond donors (Lipinski definition) is 1. The van der Waals surface area contributed by atoms with Gasteiger partial charge in [-0.1, -0.05) is 5.21 Å². The molecule has 1 aromatic rings. The number of likely N-dealkylation sites (tertiary alicyclic amines) is 1. The molecule has 17 heavy (non-hydrogen) atoms. The first-order valence-corrected chi connectivity index (χ1v) is 6.11. The summed E-state index contributed by atoms with van der Waals surface area (Å²) in [4.78, 5) is 13.9. The minimum atomic E-state index is 0.144. The van der Waals surface area contributed by atoms with E-state index in [0.29, 0.717) is 13.1 Å². The molecule has 0 bridgehead atoms. The summed E-state index contributed by atoms with van der Waals surface area (Å²) >= 11 is 0. The van der Waals surface area contributed by atoms with Crippen LogP contribution >= 0.6 is 0 Å². The number of aromatic nitrogens is 3. The van der Waals surface area contributed by atoms with Gasteiger partial charge < -0.3 is 10.2 Å². The van der Waals surface area contributed by atoms with Crippen molar-refractivity contribution in [1.82, 2.24) is 25.2 Å². The minimum absolute atomic E-state index is 0.144. The highest BCUT2D eigenvalue weighted by Gasteiger charge is 2.17. The Morgan fingerprint density at radius 1 is 1.41 bits per heavy atom. The predicted molar refractivity (Wildman–Crippen MR) is 63.2 cm³/mol. The van der Waals surface area contributed by atoms with E-state index < -0.39 is 0 Å². The second-order valence-corrected chi connectivity index (χ2v) is 4.38. The molecule has 0 atom stereocenters. The molecule has 6 heteroatoms. The molecule has 0 unspecified atom stereocenters. The standard InChI is InChI=1S/C11H19N5O/c1-12-7-10-8-16(14-13-10)9-11(17)15-5-3-2-4-6-15/h8,12H,2-7,9H2,1H3. The number of piperidine rings is 1. The smallest absolute Gasteiger partial charge is 0.244 e. The van der Waals surface area contributed by atoms with Crippen molar-refractivity contribution in [2.24, 2.45) is 0 Å². The van der Waals surface area contributed by atoms with Crippen molar-refractivity contribution in [3.63, 3.8) is 0 Å². The van der Waals surface area contributed by atoms with Crippen LogP contribution in [0.25, 0.3) is 0 Å². The first-order valence-electron chi connectivity index (χ1n) is 6.11. The SMILES string of the molecule is CNCc1cn(CC(=O)N2CCCCC2)nn1. The van der Waals surface area contributed by atoms with E-state index in [-0.39, 0.29) is 5.91 Å². The molecule has 1 N–H and O–H groups in total. The number of hydrogen-bond acceptors (Lipinski definition) is 4. The lowest BCUT2D eigenvalue weighted by Crippen LogP contribution is -2.37. The van der Waals surface area contributed by atoms with E-state index in [1.807, 2.05) is 18.1 Å². The molecule has 2 heterocycles. The molecule has 0 aliphatic carbocycles. The quantitative estimate of drug-likeness (QED) is 0.801. The number of nitrogens with one attached hydrogen (secondary N) is 1. The van der Waals surface area contributed by atoms with E-state index in [9.17, 15) is 4.79 Å². The highest BCUT2D eigenvalue weighted by molar-refractivity contribution is 5.75. The molecule has 94 valence electrons. The summed E-state index contributed by atoms with van der Waals surface area (Å²) in [6, 6.07) is 0. The largest absolute Gasteiger partial charge is 0.341 e. The Hall–Kier alpha value is -1.43. The van der Waals surface area contributed by atoms with Gasteiger partial charge in [-0.25, -0.2) is 4.68 Å². The van der Waals surface area contributed by atoms with Gasteiger partial charge in [0.25, 0.3) is 0 Å². The van der Waals surface area contributed by atoms with Crippen LogP contribution in [0.3, 0.4) is 0 Å². The van der Waals surface area contributed by atoms with Gasteiger partial charge in [-0.3, -0.25) is 4.79 Å². The van der Waals surface area contributed by atoms with Gasteiger partial charge in [-0.05, 0) is 26.3 Å². The first-order chi connectivity index (χ1) is 8.29. The van der Waals surface area contributed by atoms with E-state index in [4.69, 9.17) is 0 Å². The summed E-state index contributed by atoms with van der Waals surface area (Å²) in [5.41, 5.74) is 0.860. The van der Waals surface area contributed by atoms with E-state index in [0.717, 1.165) is 31.6 Å². The number of rotatable bonds is 4. The molecule has 6 nitrogen and oxygen atoms in total. The van der Waals surface area contributed by atoms with E-state index in [1.165, 1.54) is 6.42 Å². The van der Waals surface area contributed by atoms with Gasteiger partial charge in [0.2, 0.25) is 5.91 Å². The molecule has 0 spiro atoms. The van der Waals surface area contributed by atoms with Crippen LogP contribution < -0.4 is 5.32 Å². The van der Waals surface area contributed by atoms with Crippen molar-refractivity contribution in [1.29, 1.82) is 0 Å². The Morgan fingerprint density at radius 2 is 2.18 bits per heavy atom. The van der Waals surface area contributed by atoms with Crippen molar-refractivity contribution in [3.8, 4) is 0 Å². The molecule has 0 aromatic carbocycles. The Kier molecular flexibility index (Phi) is 4.08. The maximum Gasteiger partial charge on any atom is 0.244 e. The van der Waals surface area contributed by atoms with Gasteiger partial charge in [-0.15, -0.1) is 5.10 Å². The molecule has 1 saturated heterocycles. The second-order valence-electron chi connectivity index (χ2n) is 4.38. The zero-order valence-corrected chi connectivity index (χ0v) is 10.2. The van der Waals surface area contributed by atoms with Crippen LogP contribution in [0.1, 0.15) is 25.0 Å². The minimum Gasteiger partial charge on any atom is -0.341 e. The molecular weight excluding hydrogens is 218 g/mol. The average molecular weight is 237 g/mol. The van der Waals surface area contributed by atoms with Crippen LogP contribution in [-0.4, -0.2) is 45.9 Å². The van der Waals surface area contributed by atoms with Crippen molar-refractivity contribution in [2.75, 3.05) is 20.1 Å². The Morgan fingerprint density at radius 3 is 2.88 bits per heavy atom. The van der Waals surface area contributed by atoms with Crippen LogP contribution in [0.15, 0.2) is 6.20 Å². The molecule has 2 rings (SSSR count). The fourth-order valence-electron chi connectivity index (χ4n) is 2.06. The van der Waals surface area contributed by atoms with Gasteiger partial charge in [-0.2, -0.15) is 0 Å². The van der Waals surface area contributed by atoms with Gasteiger partial charge in [0.15, 0.2) is 0 Å². The fourth-order valence-corrected chi connectivity index (χ4v) is 2.06. The highest BCUT2D eigenvalue weighted by Crippen LogP contribution is 2.09. The molecule has 1 amide bonds. The summed E-state index contributed by atoms with van der Waals surface area (Å²) in [5.74, 6) is 0.144. The zero-order chi connectivity index (χ0) is 12.1. The van der Waals surface area contributed by atoms with Crippen LogP contribution in [0.5, 0.6) is 0 Å². The van der Waals surface area contributed by atoms with Crippen molar-refractivity contribution < 1.29 is 4.79 Å².